The maximum atomic E-state index is 11.3. The lowest BCUT2D eigenvalue weighted by atomic mass is 9.89. The van der Waals surface area contributed by atoms with Crippen molar-refractivity contribution in [1.82, 2.24) is 4.90 Å². The largest absolute Gasteiger partial charge is 0.481 e. The molecule has 2 bridgehead atoms. The molecule has 2 aliphatic heterocycles. The molecule has 2 fully saturated rings. The molecule has 0 aliphatic carbocycles. The van der Waals surface area contributed by atoms with Crippen molar-refractivity contribution in [1.29, 1.82) is 0 Å². The fourth-order valence-electron chi connectivity index (χ4n) is 3.87. The molecule has 2 saturated heterocycles. The topological polar surface area (TPSA) is 40.5 Å². The molecule has 1 N–H and O–H groups in total. The second-order valence-corrected chi connectivity index (χ2v) is 6.48. The first kappa shape index (κ1) is 13.1. The Morgan fingerprint density at radius 3 is 2.79 bits per heavy atom. The van der Waals surface area contributed by atoms with Gasteiger partial charge in [-0.2, -0.15) is 0 Å². The standard InChI is InChI=1S/C15H18BrNO2/c1-9(11-4-2-3-5-13(11)16)17-10-6-7-14(17)12(8-10)15(18)19/h2-5,9-10,12,14H,6-8H2,1H3,(H,18,19). The van der Waals surface area contributed by atoms with E-state index in [-0.39, 0.29) is 18.0 Å². The van der Waals surface area contributed by atoms with Crippen LogP contribution in [0.25, 0.3) is 0 Å². The first-order chi connectivity index (χ1) is 9.09. The van der Waals surface area contributed by atoms with E-state index in [0.717, 1.165) is 23.7 Å². The first-order valence-corrected chi connectivity index (χ1v) is 7.63. The highest BCUT2D eigenvalue weighted by Gasteiger charge is 2.50. The van der Waals surface area contributed by atoms with E-state index in [1.807, 2.05) is 12.1 Å². The number of hydrogen-bond acceptors (Lipinski definition) is 2. The number of carbonyl (C=O) groups is 1. The van der Waals surface area contributed by atoms with Crippen LogP contribution in [-0.4, -0.2) is 28.1 Å². The maximum Gasteiger partial charge on any atom is 0.308 e. The Bertz CT molecular complexity index is 505. The highest BCUT2D eigenvalue weighted by Crippen LogP contribution is 2.47. The minimum atomic E-state index is -0.628. The van der Waals surface area contributed by atoms with Crippen molar-refractivity contribution in [3.8, 4) is 0 Å². The number of hydrogen-bond donors (Lipinski definition) is 1. The number of nitrogens with zero attached hydrogens (tertiary/aromatic N) is 1. The summed E-state index contributed by atoms with van der Waals surface area (Å²) in [5, 5.41) is 9.32. The molecule has 0 amide bonds. The first-order valence-electron chi connectivity index (χ1n) is 6.84. The van der Waals surface area contributed by atoms with Gasteiger partial charge in [-0.05, 0) is 37.8 Å². The van der Waals surface area contributed by atoms with Crippen LogP contribution in [0.15, 0.2) is 28.7 Å². The summed E-state index contributed by atoms with van der Waals surface area (Å²) in [5.74, 6) is -0.805. The molecule has 1 aromatic rings. The Balaban J connectivity index is 1.87. The fraction of sp³-hybridized carbons (Fsp3) is 0.533. The predicted molar refractivity (Wildman–Crippen MR) is 76.9 cm³/mol. The van der Waals surface area contributed by atoms with Crippen molar-refractivity contribution in [2.24, 2.45) is 5.92 Å². The van der Waals surface area contributed by atoms with Crippen molar-refractivity contribution in [3.05, 3.63) is 34.3 Å². The molecule has 4 unspecified atom stereocenters. The minimum absolute atomic E-state index is 0.177. The summed E-state index contributed by atoms with van der Waals surface area (Å²) in [4.78, 5) is 13.8. The quantitative estimate of drug-likeness (QED) is 0.926. The molecule has 19 heavy (non-hydrogen) atoms. The van der Waals surface area contributed by atoms with Gasteiger partial charge in [0.2, 0.25) is 0 Å². The Kier molecular flexibility index (Phi) is 3.39. The fourth-order valence-corrected chi connectivity index (χ4v) is 4.49. The van der Waals surface area contributed by atoms with Crippen molar-refractivity contribution >= 4 is 21.9 Å². The Hall–Kier alpha value is -0.870. The predicted octanol–water partition coefficient (Wildman–Crippen LogP) is 3.45. The highest BCUT2D eigenvalue weighted by molar-refractivity contribution is 9.10. The van der Waals surface area contributed by atoms with Crippen LogP contribution in [0.4, 0.5) is 0 Å². The lowest BCUT2D eigenvalue weighted by Crippen LogP contribution is -2.35. The van der Waals surface area contributed by atoms with Gasteiger partial charge >= 0.3 is 5.97 Å². The van der Waals surface area contributed by atoms with E-state index in [2.05, 4.69) is 39.9 Å². The number of carboxylic acid groups (broad SMARTS) is 1. The summed E-state index contributed by atoms with van der Waals surface area (Å²) in [5.41, 5.74) is 1.26. The maximum absolute atomic E-state index is 11.3. The SMILES string of the molecule is CC(c1ccccc1Br)N1C2CCC1C(C(=O)O)C2. The Morgan fingerprint density at radius 1 is 1.42 bits per heavy atom. The lowest BCUT2D eigenvalue weighted by Gasteiger charge is -2.30. The summed E-state index contributed by atoms with van der Waals surface area (Å²) in [6.45, 7) is 2.19. The second kappa shape index (κ2) is 4.91. The average molecular weight is 324 g/mol. The van der Waals surface area contributed by atoms with Gasteiger partial charge in [-0.3, -0.25) is 9.69 Å². The van der Waals surface area contributed by atoms with Crippen LogP contribution < -0.4 is 0 Å². The smallest absolute Gasteiger partial charge is 0.308 e. The zero-order chi connectivity index (χ0) is 13.6. The van der Waals surface area contributed by atoms with E-state index < -0.39 is 5.97 Å². The van der Waals surface area contributed by atoms with E-state index in [1.165, 1.54) is 5.56 Å². The molecule has 0 radical (unpaired) electrons. The molecule has 4 atom stereocenters. The van der Waals surface area contributed by atoms with Crippen LogP contribution in [0.5, 0.6) is 0 Å². The molecule has 1 aromatic carbocycles. The van der Waals surface area contributed by atoms with E-state index in [4.69, 9.17) is 0 Å². The minimum Gasteiger partial charge on any atom is -0.481 e. The van der Waals surface area contributed by atoms with Crippen LogP contribution in [-0.2, 0) is 4.79 Å². The van der Waals surface area contributed by atoms with E-state index in [9.17, 15) is 9.90 Å². The summed E-state index contributed by atoms with van der Waals surface area (Å²) in [6.07, 6.45) is 2.98. The van der Waals surface area contributed by atoms with Crippen molar-refractivity contribution < 1.29 is 9.90 Å². The monoisotopic (exact) mass is 323 g/mol. The molecule has 2 heterocycles. The van der Waals surface area contributed by atoms with Gasteiger partial charge in [0, 0.05) is 22.6 Å². The number of halogens is 1. The van der Waals surface area contributed by atoms with E-state index in [0.29, 0.717) is 6.04 Å². The van der Waals surface area contributed by atoms with Crippen LogP contribution in [0.3, 0.4) is 0 Å². The number of fused-ring (bicyclic) bond motifs is 2. The summed E-state index contributed by atoms with van der Waals surface area (Å²) in [6, 6.07) is 9.17. The zero-order valence-corrected chi connectivity index (χ0v) is 12.5. The van der Waals surface area contributed by atoms with Crippen molar-refractivity contribution in [3.63, 3.8) is 0 Å². The van der Waals surface area contributed by atoms with Gasteiger partial charge < -0.3 is 5.11 Å². The van der Waals surface area contributed by atoms with Gasteiger partial charge in [-0.1, -0.05) is 34.1 Å². The summed E-state index contributed by atoms with van der Waals surface area (Å²) >= 11 is 3.61. The molecule has 0 saturated carbocycles. The molecular weight excluding hydrogens is 306 g/mol. The van der Waals surface area contributed by atoms with Crippen LogP contribution in [0, 0.1) is 5.92 Å². The van der Waals surface area contributed by atoms with Gasteiger partial charge in [0.25, 0.3) is 0 Å². The number of carboxylic acids is 1. The molecule has 3 nitrogen and oxygen atoms in total. The number of aliphatic carboxylic acids is 1. The van der Waals surface area contributed by atoms with Crippen molar-refractivity contribution in [2.75, 3.05) is 0 Å². The average Bonchev–Trinajstić information content (AvgIpc) is 2.96. The molecule has 0 spiro atoms. The normalized spacial score (nSPS) is 31.6. The third kappa shape index (κ3) is 2.11. The van der Waals surface area contributed by atoms with Crippen LogP contribution in [0.1, 0.15) is 37.8 Å². The van der Waals surface area contributed by atoms with E-state index >= 15 is 0 Å². The van der Waals surface area contributed by atoms with Crippen LogP contribution in [0.2, 0.25) is 0 Å². The summed E-state index contributed by atoms with van der Waals surface area (Å²) < 4.78 is 1.11. The zero-order valence-electron chi connectivity index (χ0n) is 10.9. The number of rotatable bonds is 3. The van der Waals surface area contributed by atoms with Gasteiger partial charge in [0.05, 0.1) is 5.92 Å². The second-order valence-electron chi connectivity index (χ2n) is 5.62. The van der Waals surface area contributed by atoms with Crippen LogP contribution >= 0.6 is 15.9 Å². The Morgan fingerprint density at radius 2 is 2.16 bits per heavy atom. The lowest BCUT2D eigenvalue weighted by molar-refractivity contribution is -0.142. The number of benzene rings is 1. The van der Waals surface area contributed by atoms with Gasteiger partial charge in [0.1, 0.15) is 0 Å². The Labute approximate surface area is 121 Å². The van der Waals surface area contributed by atoms with E-state index in [1.54, 1.807) is 0 Å². The van der Waals surface area contributed by atoms with Gasteiger partial charge in [0.15, 0.2) is 0 Å². The summed E-state index contributed by atoms with van der Waals surface area (Å²) in [7, 11) is 0. The molecule has 102 valence electrons. The molecule has 4 heteroatoms. The molecule has 0 aromatic heterocycles. The van der Waals surface area contributed by atoms with Gasteiger partial charge in [-0.15, -0.1) is 0 Å². The molecule has 2 aliphatic rings. The molecule has 3 rings (SSSR count). The van der Waals surface area contributed by atoms with Gasteiger partial charge in [-0.25, -0.2) is 0 Å². The highest BCUT2D eigenvalue weighted by atomic mass is 79.9. The molecular formula is C15H18BrNO2. The van der Waals surface area contributed by atoms with Crippen molar-refractivity contribution in [2.45, 2.75) is 44.3 Å². The third-order valence-corrected chi connectivity index (χ3v) is 5.43. The third-order valence-electron chi connectivity index (χ3n) is 4.71.